The van der Waals surface area contributed by atoms with Gasteiger partial charge in [-0.1, -0.05) is 51.1 Å². The van der Waals surface area contributed by atoms with Crippen LogP contribution in [0.25, 0.3) is 11.3 Å². The monoisotopic (exact) mass is 661 g/mol. The van der Waals surface area contributed by atoms with Gasteiger partial charge in [0.25, 0.3) is 11.6 Å². The summed E-state index contributed by atoms with van der Waals surface area (Å²) in [5.41, 5.74) is -0.197. The van der Waals surface area contributed by atoms with Crippen molar-refractivity contribution in [3.63, 3.8) is 0 Å². The number of carbonyl (C=O) groups excluding carboxylic acids is 2. The van der Waals surface area contributed by atoms with Crippen LogP contribution in [0, 0.1) is 27.2 Å². The number of benzene rings is 3. The molecule has 254 valence electrons. The first-order valence-electron chi connectivity index (χ1n) is 15.6. The van der Waals surface area contributed by atoms with Crippen LogP contribution in [-0.4, -0.2) is 50.1 Å². The van der Waals surface area contributed by atoms with Gasteiger partial charge in [-0.25, -0.2) is 18.6 Å². The molecule has 12 heteroatoms. The standard InChI is InChI=1S/C36H41F2N5O5/c1-35(2,3)31(32-40-30(28-21-26(37)15-18-29(28)38)23-41(32)22-24-11-8-7-9-12-24)42(20-10-19-39-34(45)48-36(4,5)6)33(44)25-13-16-27(17-14-25)43(46)47/h7-9,11-18,21,23,31H,10,19-20,22H2,1-6H3,(H,39,45). The zero-order valence-electron chi connectivity index (χ0n) is 28.0. The number of nitrogens with zero attached hydrogens (tertiary/aromatic N) is 4. The zero-order valence-corrected chi connectivity index (χ0v) is 28.0. The van der Waals surface area contributed by atoms with E-state index in [1.54, 1.807) is 31.9 Å². The lowest BCUT2D eigenvalue weighted by atomic mass is 9.84. The molecule has 0 aliphatic heterocycles. The van der Waals surface area contributed by atoms with Gasteiger partial charge >= 0.3 is 6.09 Å². The Morgan fingerprint density at radius 2 is 1.67 bits per heavy atom. The number of halogens is 2. The molecule has 0 saturated carbocycles. The molecule has 0 aliphatic carbocycles. The number of non-ortho nitro benzene ring substituents is 1. The van der Waals surface area contributed by atoms with E-state index in [4.69, 9.17) is 9.72 Å². The van der Waals surface area contributed by atoms with E-state index in [1.807, 2.05) is 55.7 Å². The number of ether oxygens (including phenoxy) is 1. The number of rotatable bonds is 11. The Bertz CT molecular complexity index is 1750. The fourth-order valence-electron chi connectivity index (χ4n) is 5.37. The molecule has 4 rings (SSSR count). The number of alkyl carbamates (subject to hydrolysis) is 1. The van der Waals surface area contributed by atoms with Gasteiger partial charge in [0.1, 0.15) is 23.1 Å². The number of nitro benzene ring substituents is 1. The number of aromatic nitrogens is 2. The van der Waals surface area contributed by atoms with Gasteiger partial charge in [-0.05, 0) is 68.5 Å². The van der Waals surface area contributed by atoms with Crippen molar-refractivity contribution in [2.24, 2.45) is 5.41 Å². The minimum absolute atomic E-state index is 0.0227. The van der Waals surface area contributed by atoms with Gasteiger partial charge in [0.15, 0.2) is 0 Å². The van der Waals surface area contributed by atoms with Crippen LogP contribution in [0.2, 0.25) is 0 Å². The number of nitrogens with one attached hydrogen (secondary N) is 1. The maximum absolute atomic E-state index is 15.1. The third-order valence-electron chi connectivity index (χ3n) is 7.41. The third kappa shape index (κ3) is 9.24. The van der Waals surface area contributed by atoms with Crippen molar-refractivity contribution in [3.8, 4) is 11.3 Å². The highest BCUT2D eigenvalue weighted by Gasteiger charge is 2.39. The van der Waals surface area contributed by atoms with E-state index in [9.17, 15) is 24.1 Å². The average Bonchev–Trinajstić information content (AvgIpc) is 3.40. The lowest BCUT2D eigenvalue weighted by Crippen LogP contribution is -2.44. The highest BCUT2D eigenvalue weighted by atomic mass is 19.1. The fourth-order valence-corrected chi connectivity index (χ4v) is 5.37. The summed E-state index contributed by atoms with van der Waals surface area (Å²) in [6.45, 7) is 11.8. The van der Waals surface area contributed by atoms with Gasteiger partial charge in [-0.15, -0.1) is 0 Å². The molecule has 10 nitrogen and oxygen atoms in total. The third-order valence-corrected chi connectivity index (χ3v) is 7.41. The molecule has 0 bridgehead atoms. The summed E-state index contributed by atoms with van der Waals surface area (Å²) in [5.74, 6) is -1.26. The normalized spacial score (nSPS) is 12.3. The van der Waals surface area contributed by atoms with Crippen LogP contribution in [-0.2, 0) is 11.3 Å². The van der Waals surface area contributed by atoms with Gasteiger partial charge in [0, 0.05) is 49.1 Å². The van der Waals surface area contributed by atoms with Gasteiger partial charge in [-0.2, -0.15) is 0 Å². The Balaban J connectivity index is 1.81. The lowest BCUT2D eigenvalue weighted by molar-refractivity contribution is -0.384. The molecule has 1 aromatic heterocycles. The van der Waals surface area contributed by atoms with E-state index >= 15 is 4.39 Å². The van der Waals surface area contributed by atoms with Gasteiger partial charge < -0.3 is 19.5 Å². The van der Waals surface area contributed by atoms with Crippen molar-refractivity contribution in [2.45, 2.75) is 66.2 Å². The predicted molar refractivity (Wildman–Crippen MR) is 178 cm³/mol. The molecule has 4 aromatic rings. The second-order valence-corrected chi connectivity index (χ2v) is 13.6. The molecule has 2 amide bonds. The quantitative estimate of drug-likeness (QED) is 0.0991. The van der Waals surface area contributed by atoms with Crippen molar-refractivity contribution in [1.82, 2.24) is 19.8 Å². The predicted octanol–water partition coefficient (Wildman–Crippen LogP) is 7.93. The van der Waals surface area contributed by atoms with Crippen LogP contribution in [0.3, 0.4) is 0 Å². The number of imidazole rings is 1. The Labute approximate surface area is 278 Å². The zero-order chi connectivity index (χ0) is 35.2. The van der Waals surface area contributed by atoms with Crippen LogP contribution in [0.15, 0.2) is 79.0 Å². The van der Waals surface area contributed by atoms with Crippen LogP contribution in [0.5, 0.6) is 0 Å². The van der Waals surface area contributed by atoms with Crippen LogP contribution in [0.4, 0.5) is 19.3 Å². The van der Waals surface area contributed by atoms with E-state index < -0.39 is 45.6 Å². The molecule has 0 fully saturated rings. The molecule has 0 radical (unpaired) electrons. The summed E-state index contributed by atoms with van der Waals surface area (Å²) in [6, 6.07) is 17.3. The minimum atomic E-state index is -0.726. The van der Waals surface area contributed by atoms with E-state index in [0.29, 0.717) is 18.8 Å². The second kappa shape index (κ2) is 14.7. The average molecular weight is 662 g/mol. The molecular weight excluding hydrogens is 620 g/mol. The number of carbonyl (C=O) groups is 2. The Hall–Kier alpha value is -5.13. The summed E-state index contributed by atoms with van der Waals surface area (Å²) >= 11 is 0. The number of nitro groups is 1. The van der Waals surface area contributed by atoms with Gasteiger partial charge in [0.05, 0.1) is 16.7 Å². The Morgan fingerprint density at radius 1 is 1.00 bits per heavy atom. The van der Waals surface area contributed by atoms with Crippen molar-refractivity contribution in [1.29, 1.82) is 0 Å². The highest BCUT2D eigenvalue weighted by Crippen LogP contribution is 2.40. The maximum atomic E-state index is 15.1. The first-order chi connectivity index (χ1) is 22.5. The maximum Gasteiger partial charge on any atom is 0.407 e. The van der Waals surface area contributed by atoms with Gasteiger partial charge in [0.2, 0.25) is 0 Å². The molecule has 0 spiro atoms. The fraction of sp³-hybridized carbons (Fsp3) is 0.361. The smallest absolute Gasteiger partial charge is 0.407 e. The van der Waals surface area contributed by atoms with Crippen molar-refractivity contribution in [2.75, 3.05) is 13.1 Å². The van der Waals surface area contributed by atoms with Crippen LogP contribution < -0.4 is 5.32 Å². The highest BCUT2D eigenvalue weighted by molar-refractivity contribution is 5.94. The summed E-state index contributed by atoms with van der Waals surface area (Å²) < 4.78 is 36.6. The van der Waals surface area contributed by atoms with Crippen molar-refractivity contribution in [3.05, 3.63) is 118 Å². The summed E-state index contributed by atoms with van der Waals surface area (Å²) in [4.78, 5) is 43.9. The minimum Gasteiger partial charge on any atom is -0.444 e. The Kier molecular flexibility index (Phi) is 11.0. The first kappa shape index (κ1) is 35.7. The van der Waals surface area contributed by atoms with Crippen LogP contribution >= 0.6 is 0 Å². The molecule has 48 heavy (non-hydrogen) atoms. The summed E-state index contributed by atoms with van der Waals surface area (Å²) in [7, 11) is 0. The lowest BCUT2D eigenvalue weighted by Gasteiger charge is -2.40. The summed E-state index contributed by atoms with van der Waals surface area (Å²) in [5, 5.41) is 14.0. The van der Waals surface area contributed by atoms with E-state index in [1.165, 1.54) is 24.3 Å². The number of amides is 2. The van der Waals surface area contributed by atoms with Crippen molar-refractivity contribution >= 4 is 17.7 Å². The molecule has 0 aliphatic rings. The van der Waals surface area contributed by atoms with E-state index in [0.717, 1.165) is 23.8 Å². The van der Waals surface area contributed by atoms with Crippen LogP contribution in [0.1, 0.15) is 75.8 Å². The molecular formula is C36H41F2N5O5. The van der Waals surface area contributed by atoms with Gasteiger partial charge in [-0.3, -0.25) is 14.9 Å². The van der Waals surface area contributed by atoms with Crippen molar-refractivity contribution < 1.29 is 28.0 Å². The Morgan fingerprint density at radius 3 is 2.27 bits per heavy atom. The molecule has 0 saturated heterocycles. The molecule has 3 aromatic carbocycles. The number of hydrogen-bond donors (Lipinski definition) is 1. The van der Waals surface area contributed by atoms with E-state index in [-0.39, 0.29) is 35.6 Å². The molecule has 1 atom stereocenters. The summed E-state index contributed by atoms with van der Waals surface area (Å²) in [6.07, 6.45) is 1.38. The largest absolute Gasteiger partial charge is 0.444 e. The molecule has 1 unspecified atom stereocenters. The SMILES string of the molecule is CC(C)(C)OC(=O)NCCCN(C(=O)c1ccc([N+](=O)[O-])cc1)C(c1nc(-c2cc(F)ccc2F)cn1Cc1ccccc1)C(C)(C)C. The molecule has 1 heterocycles. The second-order valence-electron chi connectivity index (χ2n) is 13.6. The topological polar surface area (TPSA) is 120 Å². The first-order valence-corrected chi connectivity index (χ1v) is 15.6. The number of hydrogen-bond acceptors (Lipinski definition) is 6. The molecule has 1 N–H and O–H groups in total. The van der Waals surface area contributed by atoms with E-state index in [2.05, 4.69) is 5.32 Å².